The Morgan fingerprint density at radius 2 is 2.04 bits per heavy atom. The van der Waals surface area contributed by atoms with Crippen LogP contribution in [0.3, 0.4) is 0 Å². The Morgan fingerprint density at radius 1 is 1.26 bits per heavy atom. The van der Waals surface area contributed by atoms with Crippen LogP contribution in [0.5, 0.6) is 0 Å². The smallest absolute Gasteiger partial charge is 0.277 e. The third-order valence-electron chi connectivity index (χ3n) is 3.82. The second kappa shape index (κ2) is 6.51. The number of aromatic nitrogens is 2. The van der Waals surface area contributed by atoms with E-state index in [4.69, 9.17) is 0 Å². The second-order valence-corrected chi connectivity index (χ2v) is 7.18. The maximum atomic E-state index is 12.7. The predicted molar refractivity (Wildman–Crippen MR) is 85.2 cm³/mol. The standard InChI is InChI=1S/C15H18N4O3S/c20-14(18-12-6-2-1-3-7-12)13-8-4-5-11-19(13)23(21,22)15-16-9-10-17-15/h1-3,6-7,9-10,13H,4-5,8,11H2,(H,16,17)(H,18,20). The molecule has 1 atom stereocenters. The summed E-state index contributed by atoms with van der Waals surface area (Å²) < 4.78 is 26.6. The van der Waals surface area contributed by atoms with Crippen LogP contribution >= 0.6 is 0 Å². The van der Waals surface area contributed by atoms with Crippen molar-refractivity contribution in [3.8, 4) is 0 Å². The Morgan fingerprint density at radius 3 is 2.74 bits per heavy atom. The predicted octanol–water partition coefficient (Wildman–Crippen LogP) is 1.59. The Bertz CT molecular complexity index is 759. The van der Waals surface area contributed by atoms with E-state index in [1.807, 2.05) is 18.2 Å². The number of nitrogens with one attached hydrogen (secondary N) is 2. The highest BCUT2D eigenvalue weighted by Gasteiger charge is 2.38. The van der Waals surface area contributed by atoms with Crippen LogP contribution < -0.4 is 5.32 Å². The molecule has 1 fully saturated rings. The van der Waals surface area contributed by atoms with E-state index in [0.29, 0.717) is 18.7 Å². The van der Waals surface area contributed by atoms with Crippen LogP contribution in [-0.2, 0) is 14.8 Å². The average molecular weight is 334 g/mol. The van der Waals surface area contributed by atoms with Gasteiger partial charge in [-0.05, 0) is 25.0 Å². The molecule has 23 heavy (non-hydrogen) atoms. The van der Waals surface area contributed by atoms with Crippen LogP contribution in [0.15, 0.2) is 47.9 Å². The van der Waals surface area contributed by atoms with Crippen molar-refractivity contribution in [1.29, 1.82) is 0 Å². The SMILES string of the molecule is O=C(Nc1ccccc1)C1CCCCN1S(=O)(=O)c1ncc[nH]1. The number of piperidine rings is 1. The minimum atomic E-state index is -3.80. The monoisotopic (exact) mass is 334 g/mol. The topological polar surface area (TPSA) is 95.2 Å². The van der Waals surface area contributed by atoms with Gasteiger partial charge in [-0.15, -0.1) is 0 Å². The molecule has 1 aliphatic heterocycles. The Balaban J connectivity index is 1.83. The van der Waals surface area contributed by atoms with Gasteiger partial charge in [-0.25, -0.2) is 13.4 Å². The van der Waals surface area contributed by atoms with E-state index < -0.39 is 16.1 Å². The van der Waals surface area contributed by atoms with E-state index in [2.05, 4.69) is 15.3 Å². The van der Waals surface area contributed by atoms with Gasteiger partial charge >= 0.3 is 0 Å². The second-order valence-electron chi connectivity index (χ2n) is 5.38. The molecule has 1 amide bonds. The number of carbonyl (C=O) groups is 1. The Labute approximate surface area is 134 Å². The number of imidazole rings is 1. The Hall–Kier alpha value is -2.19. The van der Waals surface area contributed by atoms with Gasteiger partial charge in [0.1, 0.15) is 6.04 Å². The van der Waals surface area contributed by atoms with Crippen LogP contribution in [0, 0.1) is 0 Å². The molecule has 8 heteroatoms. The number of aromatic amines is 1. The number of sulfonamides is 1. The zero-order valence-electron chi connectivity index (χ0n) is 12.5. The fourth-order valence-electron chi connectivity index (χ4n) is 2.70. The van der Waals surface area contributed by atoms with E-state index in [-0.39, 0.29) is 11.1 Å². The van der Waals surface area contributed by atoms with Gasteiger partial charge < -0.3 is 10.3 Å². The summed E-state index contributed by atoms with van der Waals surface area (Å²) in [6.45, 7) is 0.315. The number of carbonyl (C=O) groups excluding carboxylic acids is 1. The number of anilines is 1. The lowest BCUT2D eigenvalue weighted by Crippen LogP contribution is -2.50. The fourth-order valence-corrected chi connectivity index (χ4v) is 4.24. The van der Waals surface area contributed by atoms with Gasteiger partial charge in [-0.3, -0.25) is 4.79 Å². The van der Waals surface area contributed by atoms with E-state index in [0.717, 1.165) is 12.8 Å². The molecule has 1 aromatic heterocycles. The molecule has 0 aliphatic carbocycles. The number of hydrogen-bond acceptors (Lipinski definition) is 4. The summed E-state index contributed by atoms with van der Waals surface area (Å²) in [7, 11) is -3.80. The lowest BCUT2D eigenvalue weighted by molar-refractivity contribution is -0.120. The largest absolute Gasteiger partial charge is 0.334 e. The maximum absolute atomic E-state index is 12.7. The molecule has 2 N–H and O–H groups in total. The number of rotatable bonds is 4. The first-order chi connectivity index (χ1) is 11.1. The summed E-state index contributed by atoms with van der Waals surface area (Å²) >= 11 is 0. The van der Waals surface area contributed by atoms with Gasteiger partial charge in [0.2, 0.25) is 11.1 Å². The van der Waals surface area contributed by atoms with Crippen molar-refractivity contribution in [2.75, 3.05) is 11.9 Å². The fraction of sp³-hybridized carbons (Fsp3) is 0.333. The normalized spacial score (nSPS) is 19.4. The zero-order chi connectivity index (χ0) is 16.3. The molecule has 0 bridgehead atoms. The van der Waals surface area contributed by atoms with E-state index >= 15 is 0 Å². The molecule has 0 saturated carbocycles. The molecule has 1 unspecified atom stereocenters. The Kier molecular flexibility index (Phi) is 4.44. The lowest BCUT2D eigenvalue weighted by Gasteiger charge is -2.32. The first-order valence-corrected chi connectivity index (χ1v) is 8.90. The average Bonchev–Trinajstić information content (AvgIpc) is 3.11. The van der Waals surface area contributed by atoms with Crippen molar-refractivity contribution in [3.05, 3.63) is 42.7 Å². The minimum Gasteiger partial charge on any atom is -0.334 e. The number of nitrogens with zero attached hydrogens (tertiary/aromatic N) is 2. The van der Waals surface area contributed by atoms with E-state index in [1.54, 1.807) is 12.1 Å². The third-order valence-corrected chi connectivity index (χ3v) is 5.59. The van der Waals surface area contributed by atoms with Crippen molar-refractivity contribution >= 4 is 21.6 Å². The van der Waals surface area contributed by atoms with Gasteiger partial charge in [0, 0.05) is 24.6 Å². The summed E-state index contributed by atoms with van der Waals surface area (Å²) in [6, 6.07) is 8.29. The van der Waals surface area contributed by atoms with Gasteiger partial charge in [0.05, 0.1) is 0 Å². The molecule has 0 spiro atoms. The maximum Gasteiger partial charge on any atom is 0.277 e. The highest BCUT2D eigenvalue weighted by atomic mass is 32.2. The zero-order valence-corrected chi connectivity index (χ0v) is 13.3. The molecule has 2 aromatic rings. The lowest BCUT2D eigenvalue weighted by atomic mass is 10.0. The van der Waals surface area contributed by atoms with E-state index in [9.17, 15) is 13.2 Å². The molecule has 1 aromatic carbocycles. The first kappa shape index (κ1) is 15.7. The number of benzene rings is 1. The van der Waals surface area contributed by atoms with Crippen LogP contribution in [0.4, 0.5) is 5.69 Å². The van der Waals surface area contributed by atoms with Crippen molar-refractivity contribution in [2.24, 2.45) is 0 Å². The summed E-state index contributed by atoms with van der Waals surface area (Å²) in [6.07, 6.45) is 4.89. The highest BCUT2D eigenvalue weighted by Crippen LogP contribution is 2.24. The minimum absolute atomic E-state index is 0.128. The molecule has 0 radical (unpaired) electrons. The molecular formula is C15H18N4O3S. The number of amides is 1. The first-order valence-electron chi connectivity index (χ1n) is 7.46. The van der Waals surface area contributed by atoms with E-state index in [1.165, 1.54) is 16.7 Å². The van der Waals surface area contributed by atoms with Gasteiger partial charge in [0.15, 0.2) is 0 Å². The van der Waals surface area contributed by atoms with Crippen molar-refractivity contribution < 1.29 is 13.2 Å². The van der Waals surface area contributed by atoms with Crippen LogP contribution in [0.2, 0.25) is 0 Å². The molecule has 7 nitrogen and oxygen atoms in total. The molecule has 2 heterocycles. The van der Waals surface area contributed by atoms with Crippen LogP contribution in [0.1, 0.15) is 19.3 Å². The molecule has 3 rings (SSSR count). The van der Waals surface area contributed by atoms with Crippen LogP contribution in [0.25, 0.3) is 0 Å². The molecular weight excluding hydrogens is 316 g/mol. The van der Waals surface area contributed by atoms with Crippen LogP contribution in [-0.4, -0.2) is 41.2 Å². The van der Waals surface area contributed by atoms with Gasteiger partial charge in [0.25, 0.3) is 10.0 Å². The van der Waals surface area contributed by atoms with Gasteiger partial charge in [-0.1, -0.05) is 24.6 Å². The summed E-state index contributed by atoms with van der Waals surface area (Å²) in [5, 5.41) is 2.66. The van der Waals surface area contributed by atoms with Gasteiger partial charge in [-0.2, -0.15) is 4.31 Å². The molecule has 122 valence electrons. The van der Waals surface area contributed by atoms with Crippen molar-refractivity contribution in [2.45, 2.75) is 30.5 Å². The summed E-state index contributed by atoms with van der Waals surface area (Å²) in [4.78, 5) is 19.0. The summed E-state index contributed by atoms with van der Waals surface area (Å²) in [5.74, 6) is -0.314. The van der Waals surface area contributed by atoms with Crippen molar-refractivity contribution in [1.82, 2.24) is 14.3 Å². The molecule has 1 aliphatic rings. The summed E-state index contributed by atoms with van der Waals surface area (Å²) in [5.41, 5.74) is 0.651. The quantitative estimate of drug-likeness (QED) is 0.887. The number of H-pyrrole nitrogens is 1. The third kappa shape index (κ3) is 3.27. The van der Waals surface area contributed by atoms with Crippen molar-refractivity contribution in [3.63, 3.8) is 0 Å². The highest BCUT2D eigenvalue weighted by molar-refractivity contribution is 7.89. The molecule has 1 saturated heterocycles. The number of para-hydroxylation sites is 1. The number of hydrogen-bond donors (Lipinski definition) is 2.